The first-order chi connectivity index (χ1) is 9.72. The smallest absolute Gasteiger partial charge is 0.224 e. The molecule has 1 heterocycles. The quantitative estimate of drug-likeness (QED) is 0.902. The molecule has 0 aliphatic carbocycles. The van der Waals surface area contributed by atoms with Gasteiger partial charge in [-0.3, -0.25) is 4.79 Å². The molecule has 1 aliphatic heterocycles. The summed E-state index contributed by atoms with van der Waals surface area (Å²) in [5.41, 5.74) is 0.397. The lowest BCUT2D eigenvalue weighted by Gasteiger charge is -2.26. The second kappa shape index (κ2) is 6.87. The minimum Gasteiger partial charge on any atom is -0.383 e. The highest BCUT2D eigenvalue weighted by Gasteiger charge is 2.16. The first-order valence-corrected chi connectivity index (χ1v) is 6.50. The van der Waals surface area contributed by atoms with Crippen LogP contribution in [0.1, 0.15) is 12.0 Å². The van der Waals surface area contributed by atoms with Crippen LogP contribution >= 0.6 is 0 Å². The van der Waals surface area contributed by atoms with E-state index in [9.17, 15) is 9.18 Å². The van der Waals surface area contributed by atoms with Crippen molar-refractivity contribution in [3.63, 3.8) is 0 Å². The van der Waals surface area contributed by atoms with E-state index in [4.69, 9.17) is 10.00 Å². The minimum absolute atomic E-state index is 0.0219. The molecule has 0 radical (unpaired) electrons. The number of nitrogens with zero attached hydrogens (tertiary/aromatic N) is 2. The average molecular weight is 277 g/mol. The summed E-state index contributed by atoms with van der Waals surface area (Å²) in [5.74, 6) is -0.521. The molecule has 0 unspecified atom stereocenters. The Balaban J connectivity index is 1.85. The van der Waals surface area contributed by atoms with Gasteiger partial charge in [0.05, 0.1) is 18.9 Å². The van der Waals surface area contributed by atoms with Crippen molar-refractivity contribution in [1.29, 1.82) is 5.26 Å². The summed E-state index contributed by atoms with van der Waals surface area (Å²) in [6.45, 7) is 2.74. The van der Waals surface area contributed by atoms with Crippen molar-refractivity contribution >= 4 is 11.6 Å². The Hall–Kier alpha value is -2.13. The van der Waals surface area contributed by atoms with Crippen LogP contribution in [0.15, 0.2) is 18.2 Å². The van der Waals surface area contributed by atoms with E-state index in [0.29, 0.717) is 45.0 Å². The van der Waals surface area contributed by atoms with Crippen LogP contribution in [0.2, 0.25) is 0 Å². The molecule has 1 aliphatic rings. The number of carbonyl (C=O) groups is 1. The van der Waals surface area contributed by atoms with Gasteiger partial charge < -0.3 is 15.0 Å². The third-order valence-electron chi connectivity index (χ3n) is 3.14. The number of anilines is 1. The van der Waals surface area contributed by atoms with E-state index >= 15 is 0 Å². The summed E-state index contributed by atoms with van der Waals surface area (Å²) in [6, 6.07) is 6.21. The van der Waals surface area contributed by atoms with E-state index in [2.05, 4.69) is 5.32 Å². The first-order valence-electron chi connectivity index (χ1n) is 6.50. The SMILES string of the molecule is N#Cc1c(F)cccc1NCCC(=O)N1CCOCC1. The highest BCUT2D eigenvalue weighted by atomic mass is 19.1. The molecular formula is C14H16FN3O2. The second-order valence-electron chi connectivity index (χ2n) is 4.44. The Bertz CT molecular complexity index is 522. The summed E-state index contributed by atoms with van der Waals surface area (Å²) in [4.78, 5) is 13.7. The van der Waals surface area contributed by atoms with Gasteiger partial charge in [0.1, 0.15) is 17.4 Å². The summed E-state index contributed by atoms with van der Waals surface area (Å²) in [5, 5.41) is 11.8. The van der Waals surface area contributed by atoms with Crippen molar-refractivity contribution in [2.24, 2.45) is 0 Å². The van der Waals surface area contributed by atoms with E-state index < -0.39 is 5.82 Å². The maximum Gasteiger partial charge on any atom is 0.224 e. The summed E-state index contributed by atoms with van der Waals surface area (Å²) >= 11 is 0. The fourth-order valence-electron chi connectivity index (χ4n) is 2.06. The zero-order valence-electron chi connectivity index (χ0n) is 11.1. The van der Waals surface area contributed by atoms with Crippen LogP contribution in [0.25, 0.3) is 0 Å². The van der Waals surface area contributed by atoms with E-state index in [-0.39, 0.29) is 11.5 Å². The van der Waals surface area contributed by atoms with Crippen LogP contribution in [-0.2, 0) is 9.53 Å². The Labute approximate surface area is 116 Å². The third kappa shape index (κ3) is 3.45. The molecule has 0 bridgehead atoms. The van der Waals surface area contributed by atoms with E-state index in [1.165, 1.54) is 12.1 Å². The van der Waals surface area contributed by atoms with Crippen molar-refractivity contribution in [2.45, 2.75) is 6.42 Å². The number of morpholine rings is 1. The van der Waals surface area contributed by atoms with Gasteiger partial charge in [0.25, 0.3) is 0 Å². The van der Waals surface area contributed by atoms with Gasteiger partial charge in [0.2, 0.25) is 5.91 Å². The molecule has 1 amide bonds. The normalized spacial score (nSPS) is 14.7. The monoisotopic (exact) mass is 277 g/mol. The van der Waals surface area contributed by atoms with Crippen LogP contribution in [0.5, 0.6) is 0 Å². The van der Waals surface area contributed by atoms with Gasteiger partial charge in [0.15, 0.2) is 0 Å². The lowest BCUT2D eigenvalue weighted by atomic mass is 10.2. The predicted octanol–water partition coefficient (Wildman–Crippen LogP) is 1.36. The highest BCUT2D eigenvalue weighted by molar-refractivity contribution is 5.77. The largest absolute Gasteiger partial charge is 0.383 e. The molecule has 0 spiro atoms. The molecule has 0 aromatic heterocycles. The van der Waals surface area contributed by atoms with Crippen molar-refractivity contribution in [3.05, 3.63) is 29.6 Å². The Morgan fingerprint density at radius 1 is 1.45 bits per heavy atom. The van der Waals surface area contributed by atoms with E-state index in [1.54, 1.807) is 11.0 Å². The standard InChI is InChI=1S/C14H16FN3O2/c15-12-2-1-3-13(11(12)10-16)17-5-4-14(19)18-6-8-20-9-7-18/h1-3,17H,4-9H2. The number of benzene rings is 1. The lowest BCUT2D eigenvalue weighted by Crippen LogP contribution is -2.41. The Morgan fingerprint density at radius 2 is 2.20 bits per heavy atom. The van der Waals surface area contributed by atoms with Gasteiger partial charge in [0, 0.05) is 26.1 Å². The number of halogens is 1. The Morgan fingerprint density at radius 3 is 2.90 bits per heavy atom. The van der Waals surface area contributed by atoms with Crippen LogP contribution < -0.4 is 5.32 Å². The summed E-state index contributed by atoms with van der Waals surface area (Å²) in [6.07, 6.45) is 0.307. The van der Waals surface area contributed by atoms with Gasteiger partial charge >= 0.3 is 0 Å². The summed E-state index contributed by atoms with van der Waals surface area (Å²) in [7, 11) is 0. The van der Waals surface area contributed by atoms with Crippen LogP contribution in [-0.4, -0.2) is 43.7 Å². The minimum atomic E-state index is -0.558. The maximum atomic E-state index is 13.4. The van der Waals surface area contributed by atoms with Crippen LogP contribution in [0.4, 0.5) is 10.1 Å². The number of nitriles is 1. The predicted molar refractivity (Wildman–Crippen MR) is 71.6 cm³/mol. The number of ether oxygens (including phenoxy) is 1. The van der Waals surface area contributed by atoms with Gasteiger partial charge in [-0.2, -0.15) is 5.26 Å². The number of nitrogens with one attached hydrogen (secondary N) is 1. The maximum absolute atomic E-state index is 13.4. The molecule has 2 rings (SSSR count). The molecular weight excluding hydrogens is 261 g/mol. The molecule has 0 atom stereocenters. The fraction of sp³-hybridized carbons (Fsp3) is 0.429. The Kier molecular flexibility index (Phi) is 4.91. The number of rotatable bonds is 4. The molecule has 5 nitrogen and oxygen atoms in total. The zero-order valence-corrected chi connectivity index (χ0v) is 11.1. The molecule has 6 heteroatoms. The zero-order chi connectivity index (χ0) is 14.4. The molecule has 1 saturated heterocycles. The second-order valence-corrected chi connectivity index (χ2v) is 4.44. The highest BCUT2D eigenvalue weighted by Crippen LogP contribution is 2.17. The topological polar surface area (TPSA) is 65.4 Å². The first kappa shape index (κ1) is 14.3. The van der Waals surface area contributed by atoms with Gasteiger partial charge in [-0.15, -0.1) is 0 Å². The van der Waals surface area contributed by atoms with Gasteiger partial charge in [-0.25, -0.2) is 4.39 Å². The lowest BCUT2D eigenvalue weighted by molar-refractivity contribution is -0.134. The molecule has 20 heavy (non-hydrogen) atoms. The summed E-state index contributed by atoms with van der Waals surface area (Å²) < 4.78 is 18.6. The van der Waals surface area contributed by atoms with E-state index in [1.807, 2.05) is 6.07 Å². The molecule has 1 aromatic carbocycles. The van der Waals surface area contributed by atoms with Crippen LogP contribution in [0.3, 0.4) is 0 Å². The molecule has 1 aromatic rings. The van der Waals surface area contributed by atoms with Crippen molar-refractivity contribution in [2.75, 3.05) is 38.2 Å². The fourth-order valence-corrected chi connectivity index (χ4v) is 2.06. The third-order valence-corrected chi connectivity index (χ3v) is 3.14. The number of hydrogen-bond donors (Lipinski definition) is 1. The number of amides is 1. The van der Waals surface area contributed by atoms with Crippen molar-refractivity contribution in [1.82, 2.24) is 4.90 Å². The number of carbonyl (C=O) groups excluding carboxylic acids is 1. The molecule has 1 N–H and O–H groups in total. The molecule has 0 saturated carbocycles. The van der Waals surface area contributed by atoms with Crippen molar-refractivity contribution in [3.8, 4) is 6.07 Å². The van der Waals surface area contributed by atoms with Crippen LogP contribution in [0, 0.1) is 17.1 Å². The van der Waals surface area contributed by atoms with Gasteiger partial charge in [-0.05, 0) is 12.1 Å². The van der Waals surface area contributed by atoms with E-state index in [0.717, 1.165) is 0 Å². The van der Waals surface area contributed by atoms with Gasteiger partial charge in [-0.1, -0.05) is 6.07 Å². The molecule has 106 valence electrons. The number of hydrogen-bond acceptors (Lipinski definition) is 4. The average Bonchev–Trinajstić information content (AvgIpc) is 2.48. The molecule has 1 fully saturated rings. The van der Waals surface area contributed by atoms with Crippen molar-refractivity contribution < 1.29 is 13.9 Å².